The maximum absolute atomic E-state index is 12.7. The minimum absolute atomic E-state index is 0.165. The van der Waals surface area contributed by atoms with Crippen LogP contribution in [0.25, 0.3) is 0 Å². The van der Waals surface area contributed by atoms with E-state index in [9.17, 15) is 27.3 Å². The summed E-state index contributed by atoms with van der Waals surface area (Å²) in [6.07, 6.45) is 0. The fraction of sp³-hybridized carbons (Fsp3) is 0. The molecule has 0 N–H and O–H groups in total. The van der Waals surface area contributed by atoms with E-state index in [1.165, 1.54) is 0 Å². The predicted molar refractivity (Wildman–Crippen MR) is 41.6 cm³/mol. The molecular formula is C6H3F2NO4S. The highest BCUT2D eigenvalue weighted by molar-refractivity contribution is 7.72. The van der Waals surface area contributed by atoms with Gasteiger partial charge in [0, 0.05) is 12.1 Å². The molecule has 14 heavy (non-hydrogen) atoms. The van der Waals surface area contributed by atoms with Gasteiger partial charge in [-0.05, 0) is 0 Å². The molecule has 0 aliphatic carbocycles. The Bertz CT molecular complexity index is 463. The predicted octanol–water partition coefficient (Wildman–Crippen LogP) is 0.843. The lowest BCUT2D eigenvalue weighted by molar-refractivity contribution is -0.387. The molecule has 0 bridgehead atoms. The van der Waals surface area contributed by atoms with Crippen LogP contribution in [0.1, 0.15) is 0 Å². The van der Waals surface area contributed by atoms with Gasteiger partial charge in [0.1, 0.15) is 10.7 Å². The van der Waals surface area contributed by atoms with Crippen LogP contribution in [0.4, 0.5) is 14.5 Å². The first-order valence-corrected chi connectivity index (χ1v) is 4.39. The van der Waals surface area contributed by atoms with Crippen molar-refractivity contribution in [2.24, 2.45) is 0 Å². The molecule has 0 heterocycles. The molecule has 0 spiro atoms. The number of hydrogen-bond donors (Lipinski definition) is 1. The Hall–Kier alpha value is -1.57. The van der Waals surface area contributed by atoms with Gasteiger partial charge in [-0.1, -0.05) is 0 Å². The van der Waals surface area contributed by atoms with Crippen LogP contribution in [0.15, 0.2) is 17.0 Å². The monoisotopic (exact) mass is 223 g/mol. The van der Waals surface area contributed by atoms with Crippen molar-refractivity contribution in [2.75, 3.05) is 0 Å². The van der Waals surface area contributed by atoms with Crippen LogP contribution in [0.3, 0.4) is 0 Å². The molecule has 0 unspecified atom stereocenters. The zero-order chi connectivity index (χ0) is 10.9. The Morgan fingerprint density at radius 1 is 1.21 bits per heavy atom. The lowest BCUT2D eigenvalue weighted by atomic mass is 10.3. The van der Waals surface area contributed by atoms with Crippen molar-refractivity contribution in [3.63, 3.8) is 0 Å². The van der Waals surface area contributed by atoms with E-state index in [0.29, 0.717) is 6.07 Å². The number of benzene rings is 1. The van der Waals surface area contributed by atoms with Crippen molar-refractivity contribution in [2.45, 2.75) is 4.90 Å². The molecule has 1 aromatic rings. The standard InChI is InChI=1S/C6H3F2NO4S/c7-3-1-4(8)6(14(12)13)2-5(3)9(10)11/h1-2,14H. The normalized spacial score (nSPS) is 10.5. The van der Waals surface area contributed by atoms with Gasteiger partial charge < -0.3 is 0 Å². The fourth-order valence-electron chi connectivity index (χ4n) is 0.806. The second-order valence-corrected chi connectivity index (χ2v) is 3.27. The summed E-state index contributed by atoms with van der Waals surface area (Å²) in [6, 6.07) is 0.509. The summed E-state index contributed by atoms with van der Waals surface area (Å²) >= 11 is 0. The highest BCUT2D eigenvalue weighted by Gasteiger charge is 2.19. The van der Waals surface area contributed by atoms with E-state index < -0.39 is 37.8 Å². The van der Waals surface area contributed by atoms with Crippen LogP contribution in [0.2, 0.25) is 0 Å². The number of nitrogens with zero attached hydrogens (tertiary/aromatic N) is 1. The van der Waals surface area contributed by atoms with Crippen molar-refractivity contribution >= 4 is 16.4 Å². The number of rotatable bonds is 2. The molecule has 1 rings (SSSR count). The summed E-state index contributed by atoms with van der Waals surface area (Å²) in [6.45, 7) is 0. The second kappa shape index (κ2) is 3.66. The number of thiol groups is 1. The zero-order valence-electron chi connectivity index (χ0n) is 6.44. The van der Waals surface area contributed by atoms with Gasteiger partial charge in [-0.2, -0.15) is 4.39 Å². The Labute approximate surface area is 78.1 Å². The molecule has 5 nitrogen and oxygen atoms in total. The quantitative estimate of drug-likeness (QED) is 0.458. The Kier molecular flexibility index (Phi) is 2.75. The summed E-state index contributed by atoms with van der Waals surface area (Å²) in [4.78, 5) is 8.13. The molecule has 0 fully saturated rings. The van der Waals surface area contributed by atoms with E-state index in [0.717, 1.165) is 0 Å². The highest BCUT2D eigenvalue weighted by atomic mass is 32.2. The molecule has 8 heteroatoms. The Morgan fingerprint density at radius 2 is 1.79 bits per heavy atom. The van der Waals surface area contributed by atoms with Crippen LogP contribution in [-0.4, -0.2) is 13.3 Å². The summed E-state index contributed by atoms with van der Waals surface area (Å²) < 4.78 is 46.1. The van der Waals surface area contributed by atoms with Gasteiger partial charge >= 0.3 is 5.69 Å². The van der Waals surface area contributed by atoms with Gasteiger partial charge in [0.05, 0.1) is 4.92 Å². The highest BCUT2D eigenvalue weighted by Crippen LogP contribution is 2.22. The largest absolute Gasteiger partial charge is 0.306 e. The first kappa shape index (κ1) is 10.5. The van der Waals surface area contributed by atoms with Gasteiger partial charge in [-0.3, -0.25) is 10.1 Å². The zero-order valence-corrected chi connectivity index (χ0v) is 7.33. The van der Waals surface area contributed by atoms with E-state index in [1.54, 1.807) is 0 Å². The van der Waals surface area contributed by atoms with Gasteiger partial charge in [-0.15, -0.1) is 0 Å². The van der Waals surface area contributed by atoms with E-state index in [4.69, 9.17) is 0 Å². The molecule has 76 valence electrons. The van der Waals surface area contributed by atoms with Crippen LogP contribution in [0.5, 0.6) is 0 Å². The van der Waals surface area contributed by atoms with Crippen LogP contribution >= 0.6 is 0 Å². The third-order valence-electron chi connectivity index (χ3n) is 1.41. The van der Waals surface area contributed by atoms with Crippen molar-refractivity contribution < 1.29 is 22.1 Å². The molecular weight excluding hydrogens is 220 g/mol. The van der Waals surface area contributed by atoms with Gasteiger partial charge in [0.25, 0.3) is 0 Å². The van der Waals surface area contributed by atoms with Gasteiger partial charge in [-0.25, -0.2) is 12.8 Å². The number of halogens is 2. The molecule has 0 atom stereocenters. The summed E-state index contributed by atoms with van der Waals surface area (Å²) in [5.74, 6) is -2.75. The molecule has 0 amide bonds. The van der Waals surface area contributed by atoms with Crippen LogP contribution in [0, 0.1) is 21.7 Å². The third kappa shape index (κ3) is 1.84. The molecule has 1 aromatic carbocycles. The smallest absolute Gasteiger partial charge is 0.258 e. The van der Waals surface area contributed by atoms with Crippen molar-refractivity contribution in [1.82, 2.24) is 0 Å². The molecule has 0 aromatic heterocycles. The number of nitro groups is 1. The lowest BCUT2D eigenvalue weighted by Crippen LogP contribution is -1.97. The van der Waals surface area contributed by atoms with Crippen molar-refractivity contribution in [3.8, 4) is 0 Å². The summed E-state index contributed by atoms with van der Waals surface area (Å²) in [7, 11) is -3.32. The maximum atomic E-state index is 12.7. The SMILES string of the molecule is O=[N+]([O-])c1cc([SH](=O)=O)c(F)cc1F. The molecule has 0 saturated heterocycles. The minimum atomic E-state index is -3.32. The van der Waals surface area contributed by atoms with Crippen LogP contribution < -0.4 is 0 Å². The topological polar surface area (TPSA) is 77.3 Å². The average molecular weight is 223 g/mol. The van der Waals surface area contributed by atoms with E-state index in [-0.39, 0.29) is 6.07 Å². The third-order valence-corrected chi connectivity index (χ3v) is 2.15. The summed E-state index contributed by atoms with van der Waals surface area (Å²) in [5.41, 5.74) is -1.07. The average Bonchev–Trinajstić information content (AvgIpc) is 2.02. The fourth-order valence-corrected chi connectivity index (χ4v) is 1.27. The lowest BCUT2D eigenvalue weighted by Gasteiger charge is -1.96. The van der Waals surface area contributed by atoms with E-state index in [2.05, 4.69) is 0 Å². The van der Waals surface area contributed by atoms with E-state index >= 15 is 0 Å². The Morgan fingerprint density at radius 3 is 2.21 bits per heavy atom. The van der Waals surface area contributed by atoms with E-state index in [1.807, 2.05) is 0 Å². The first-order valence-electron chi connectivity index (χ1n) is 3.21. The first-order chi connectivity index (χ1) is 6.43. The second-order valence-electron chi connectivity index (χ2n) is 2.27. The molecule has 0 saturated carbocycles. The van der Waals surface area contributed by atoms with Crippen LogP contribution in [-0.2, 0) is 10.7 Å². The number of nitro benzene ring substituents is 1. The molecule has 0 aliphatic rings. The van der Waals surface area contributed by atoms with Gasteiger partial charge in [0.2, 0.25) is 5.82 Å². The number of hydrogen-bond acceptors (Lipinski definition) is 4. The molecule has 0 aliphatic heterocycles. The van der Waals surface area contributed by atoms with Crippen molar-refractivity contribution in [3.05, 3.63) is 33.9 Å². The molecule has 0 radical (unpaired) electrons. The summed E-state index contributed by atoms with van der Waals surface area (Å²) in [5, 5.41) is 10.2. The maximum Gasteiger partial charge on any atom is 0.306 e. The van der Waals surface area contributed by atoms with Crippen molar-refractivity contribution in [1.29, 1.82) is 0 Å². The van der Waals surface area contributed by atoms with Gasteiger partial charge in [0.15, 0.2) is 10.7 Å². The Balaban J connectivity index is 3.50. The minimum Gasteiger partial charge on any atom is -0.258 e.